The van der Waals surface area contributed by atoms with Gasteiger partial charge in [0.2, 0.25) is 5.91 Å². The van der Waals surface area contributed by atoms with E-state index in [1.54, 1.807) is 32.4 Å². The van der Waals surface area contributed by atoms with Crippen LogP contribution in [-0.2, 0) is 48.0 Å². The summed E-state index contributed by atoms with van der Waals surface area (Å²) in [5.41, 5.74) is 9.37. The molecule has 334 valence electrons. The first-order chi connectivity index (χ1) is 29.6. The summed E-state index contributed by atoms with van der Waals surface area (Å²) in [6.07, 6.45) is 3.29. The third-order valence-electron chi connectivity index (χ3n) is 12.4. The number of nitrogens with zero attached hydrogens (tertiary/aromatic N) is 6. The molecule has 2 saturated heterocycles. The molecule has 4 atom stereocenters. The van der Waals surface area contributed by atoms with E-state index in [0.29, 0.717) is 57.1 Å². The number of thiazole rings is 1. The first-order valence-electron chi connectivity index (χ1n) is 21.8. The van der Waals surface area contributed by atoms with Crippen LogP contribution in [0.2, 0.25) is 0 Å². The second-order valence-corrected chi connectivity index (χ2v) is 19.0. The van der Waals surface area contributed by atoms with E-state index in [1.165, 1.54) is 21.2 Å². The van der Waals surface area contributed by atoms with Gasteiger partial charge in [0.25, 0.3) is 5.91 Å². The Morgan fingerprint density at radius 3 is 2.63 bits per heavy atom. The molecule has 3 aromatic heterocycles. The summed E-state index contributed by atoms with van der Waals surface area (Å²) in [6.45, 7) is 15.0. The summed E-state index contributed by atoms with van der Waals surface area (Å²) in [5.74, 6) is -1.28. The predicted octanol–water partition coefficient (Wildman–Crippen LogP) is 5.86. The van der Waals surface area contributed by atoms with Gasteiger partial charge in [-0.2, -0.15) is 0 Å². The van der Waals surface area contributed by atoms with Crippen molar-refractivity contribution >= 4 is 46.1 Å². The lowest BCUT2D eigenvalue weighted by molar-refractivity contribution is -0.155. The van der Waals surface area contributed by atoms with Crippen molar-refractivity contribution in [3.05, 3.63) is 58.2 Å². The van der Waals surface area contributed by atoms with Crippen LogP contribution in [0.4, 0.5) is 4.79 Å². The summed E-state index contributed by atoms with van der Waals surface area (Å²) in [4.78, 5) is 69.3. The maximum Gasteiger partial charge on any atom is 0.324 e. The maximum atomic E-state index is 14.5. The molecule has 0 saturated carbocycles. The Morgan fingerprint density at radius 1 is 1.15 bits per heavy atom. The molecule has 0 aliphatic carbocycles. The number of likely N-dealkylation sites (tertiary alicyclic amines) is 1. The topological polar surface area (TPSA) is 160 Å². The van der Waals surface area contributed by atoms with Crippen molar-refractivity contribution in [2.75, 3.05) is 54.1 Å². The highest BCUT2D eigenvalue weighted by molar-refractivity contribution is 7.10. The number of esters is 1. The van der Waals surface area contributed by atoms with Crippen LogP contribution >= 0.6 is 11.3 Å². The number of carbonyl (C=O) groups excluding carboxylic acids is 4. The first-order valence-corrected chi connectivity index (χ1v) is 22.7. The molecule has 0 spiro atoms. The molecule has 16 heteroatoms. The van der Waals surface area contributed by atoms with Crippen LogP contribution in [0.1, 0.15) is 76.8 Å². The number of nitrogens with one attached hydrogen (secondary N) is 2. The van der Waals surface area contributed by atoms with E-state index in [4.69, 9.17) is 24.2 Å². The van der Waals surface area contributed by atoms with Crippen molar-refractivity contribution in [2.45, 2.75) is 98.0 Å². The van der Waals surface area contributed by atoms with Gasteiger partial charge in [0, 0.05) is 98.8 Å². The standard InChI is InChI=1S/C46H62N8O7S/c1-10-53-37-16-15-30-19-32(37)33(41(53)31-13-11-17-47-39(31)28(4)60-9)21-46(5,6)26-61-44(57)34-14-12-18-54(50-34)43(56)35(20-38-48-36(30)25-62-38)49-42(55)40(27(2)3)51(7)45(58)52-22-29(23-52)24-59-8/h11,13,15-17,19,25,27-29,34-35,40,50H,10,12,14,18,20-24,26H2,1-9H3,(H,49,55)/t28-,34-,35?,40-/m0/s1. The van der Waals surface area contributed by atoms with Gasteiger partial charge in [-0.05, 0) is 68.9 Å². The van der Waals surface area contributed by atoms with Crippen molar-refractivity contribution in [2.24, 2.45) is 17.3 Å². The molecule has 4 aromatic rings. The van der Waals surface area contributed by atoms with Crippen molar-refractivity contribution < 1.29 is 33.4 Å². The number of ether oxygens (including phenoxy) is 3. The minimum Gasteiger partial charge on any atom is -0.464 e. The van der Waals surface area contributed by atoms with E-state index in [-0.39, 0.29) is 37.0 Å². The number of likely N-dealkylation sites (N-methyl/N-ethyl adjacent to an activating group) is 1. The number of hydrazine groups is 1. The van der Waals surface area contributed by atoms with Crippen LogP contribution in [0.3, 0.4) is 0 Å². The number of aromatic nitrogens is 3. The normalized spacial score (nSPS) is 20.7. The van der Waals surface area contributed by atoms with Gasteiger partial charge < -0.3 is 33.9 Å². The van der Waals surface area contributed by atoms with Crippen molar-refractivity contribution in [1.82, 2.24) is 40.1 Å². The number of urea groups is 1. The molecule has 6 heterocycles. The quantitative estimate of drug-likeness (QED) is 0.185. The fourth-order valence-electron chi connectivity index (χ4n) is 9.16. The Morgan fingerprint density at radius 2 is 1.92 bits per heavy atom. The van der Waals surface area contributed by atoms with Gasteiger partial charge >= 0.3 is 12.0 Å². The number of hydrogen-bond acceptors (Lipinski definition) is 11. The number of cyclic esters (lactones) is 1. The molecule has 4 amide bonds. The van der Waals surface area contributed by atoms with Crippen LogP contribution < -0.4 is 10.7 Å². The number of pyridine rings is 1. The molecule has 62 heavy (non-hydrogen) atoms. The summed E-state index contributed by atoms with van der Waals surface area (Å²) < 4.78 is 19.5. The number of amides is 4. The summed E-state index contributed by atoms with van der Waals surface area (Å²) in [7, 11) is 4.96. The lowest BCUT2D eigenvalue weighted by Gasteiger charge is -2.43. The Balaban J connectivity index is 1.27. The molecular weight excluding hydrogens is 809 g/mol. The second kappa shape index (κ2) is 18.8. The van der Waals surface area contributed by atoms with Gasteiger partial charge in [-0.1, -0.05) is 33.8 Å². The Bertz CT molecular complexity index is 2280. The van der Waals surface area contributed by atoms with Gasteiger partial charge in [0.1, 0.15) is 18.1 Å². The van der Waals surface area contributed by atoms with Crippen LogP contribution in [0.15, 0.2) is 41.9 Å². The number of fused-ring (bicyclic) bond motifs is 6. The number of rotatable bonds is 10. The summed E-state index contributed by atoms with van der Waals surface area (Å²) >= 11 is 1.42. The molecule has 1 aromatic carbocycles. The SMILES string of the molecule is CCn1c(-c2cccnc2[C@H](C)OC)c2c3cc(ccc31)-c1csc(n1)CC(NC(=O)[C@H](C(C)C)N(C)C(=O)N1CC(COC)C1)C(=O)N1CCC[C@H](N1)C(=O)OCC(C)(C)C2. The lowest BCUT2D eigenvalue weighted by atomic mass is 9.84. The first kappa shape index (κ1) is 45.1. The average Bonchev–Trinajstić information content (AvgIpc) is 3.84. The van der Waals surface area contributed by atoms with Crippen molar-refractivity contribution in [1.29, 1.82) is 0 Å². The molecular formula is C46H62N8O7S. The van der Waals surface area contributed by atoms with E-state index < -0.39 is 41.3 Å². The monoisotopic (exact) mass is 870 g/mol. The zero-order chi connectivity index (χ0) is 44.5. The number of benzene rings is 1. The predicted molar refractivity (Wildman–Crippen MR) is 238 cm³/mol. The van der Waals surface area contributed by atoms with Gasteiger partial charge in [-0.15, -0.1) is 11.3 Å². The average molecular weight is 871 g/mol. The number of methoxy groups -OCH3 is 2. The van der Waals surface area contributed by atoms with E-state index in [9.17, 15) is 19.2 Å². The van der Waals surface area contributed by atoms with E-state index in [1.807, 2.05) is 32.2 Å². The molecule has 2 fully saturated rings. The third-order valence-corrected chi connectivity index (χ3v) is 13.3. The zero-order valence-electron chi connectivity index (χ0n) is 37.5. The van der Waals surface area contributed by atoms with E-state index in [2.05, 4.69) is 60.3 Å². The van der Waals surface area contributed by atoms with Gasteiger partial charge in [0.15, 0.2) is 0 Å². The largest absolute Gasteiger partial charge is 0.464 e. The fourth-order valence-corrected chi connectivity index (χ4v) is 10.0. The van der Waals surface area contributed by atoms with Crippen LogP contribution in [0.25, 0.3) is 33.4 Å². The maximum absolute atomic E-state index is 14.5. The van der Waals surface area contributed by atoms with Crippen LogP contribution in [0, 0.1) is 17.3 Å². The molecule has 6 bridgehead atoms. The minimum atomic E-state index is -1.04. The molecule has 3 aliphatic heterocycles. The Labute approximate surface area is 368 Å². The van der Waals surface area contributed by atoms with Crippen molar-refractivity contribution in [3.8, 4) is 22.5 Å². The molecule has 15 nitrogen and oxygen atoms in total. The smallest absolute Gasteiger partial charge is 0.324 e. The van der Waals surface area contributed by atoms with Crippen LogP contribution in [-0.4, -0.2) is 125 Å². The summed E-state index contributed by atoms with van der Waals surface area (Å²) in [6, 6.07) is 7.54. The molecule has 0 radical (unpaired) electrons. The zero-order valence-corrected chi connectivity index (χ0v) is 38.3. The number of carbonyl (C=O) groups is 4. The highest BCUT2D eigenvalue weighted by Gasteiger charge is 2.40. The molecule has 3 aliphatic rings. The lowest BCUT2D eigenvalue weighted by Crippen LogP contribution is -2.63. The number of hydrogen-bond donors (Lipinski definition) is 2. The van der Waals surface area contributed by atoms with E-state index >= 15 is 0 Å². The fraction of sp³-hybridized carbons (Fsp3) is 0.565. The third kappa shape index (κ3) is 9.24. The van der Waals surface area contributed by atoms with E-state index in [0.717, 1.165) is 44.7 Å². The second-order valence-electron chi connectivity index (χ2n) is 18.1. The minimum absolute atomic E-state index is 0.106. The van der Waals surface area contributed by atoms with Crippen molar-refractivity contribution in [3.63, 3.8) is 0 Å². The molecule has 7 rings (SSSR count). The van der Waals surface area contributed by atoms with Crippen LogP contribution in [0.5, 0.6) is 0 Å². The highest BCUT2D eigenvalue weighted by Crippen LogP contribution is 2.42. The number of aryl methyl sites for hydroxylation is 1. The Kier molecular flexibility index (Phi) is 13.7. The molecule has 1 unspecified atom stereocenters. The molecule has 2 N–H and O–H groups in total. The van der Waals surface area contributed by atoms with Gasteiger partial charge in [-0.3, -0.25) is 24.4 Å². The highest BCUT2D eigenvalue weighted by atomic mass is 32.1. The van der Waals surface area contributed by atoms with Gasteiger partial charge in [0.05, 0.1) is 41.4 Å². The Hall–Kier alpha value is -4.90. The van der Waals surface area contributed by atoms with Gasteiger partial charge in [-0.25, -0.2) is 15.2 Å². The summed E-state index contributed by atoms with van der Waals surface area (Å²) in [5, 5.41) is 8.18.